The third kappa shape index (κ3) is 5.54. The highest BCUT2D eigenvalue weighted by Gasteiger charge is 2.20. The lowest BCUT2D eigenvalue weighted by molar-refractivity contribution is -0.137. The topological polar surface area (TPSA) is 121 Å². The van der Waals surface area contributed by atoms with E-state index in [-0.39, 0.29) is 17.9 Å². The standard InChI is InChI=1S/C24H25N3O5/c1-15-5-3-4-6-18(15)13-16-7-9-17(10-8-16)19(14-21(29)30)25-24(32)26-22-20(28)11-12-27(2)23(22)31/h3-12,19,28H,13-14H2,1-2H3,(H,29,30)(H2,25,26,32)/t19-/m0/s1. The first kappa shape index (κ1) is 22.6. The van der Waals surface area contributed by atoms with Crippen molar-refractivity contribution in [3.8, 4) is 5.75 Å². The molecule has 2 aromatic carbocycles. The summed E-state index contributed by atoms with van der Waals surface area (Å²) < 4.78 is 1.21. The molecule has 0 aliphatic carbocycles. The molecule has 0 saturated carbocycles. The van der Waals surface area contributed by atoms with Crippen LogP contribution in [0, 0.1) is 6.92 Å². The van der Waals surface area contributed by atoms with Crippen LogP contribution in [0.15, 0.2) is 65.6 Å². The van der Waals surface area contributed by atoms with Crippen molar-refractivity contribution in [2.45, 2.75) is 25.8 Å². The van der Waals surface area contributed by atoms with E-state index in [1.165, 1.54) is 35.0 Å². The van der Waals surface area contributed by atoms with Crippen molar-refractivity contribution in [2.24, 2.45) is 7.05 Å². The van der Waals surface area contributed by atoms with Crippen LogP contribution in [-0.2, 0) is 18.3 Å². The van der Waals surface area contributed by atoms with Gasteiger partial charge in [0.25, 0.3) is 5.56 Å². The van der Waals surface area contributed by atoms with Gasteiger partial charge in [0, 0.05) is 13.2 Å². The van der Waals surface area contributed by atoms with Crippen LogP contribution in [0.5, 0.6) is 5.75 Å². The summed E-state index contributed by atoms with van der Waals surface area (Å²) in [5.41, 5.74) is 3.18. The third-order valence-corrected chi connectivity index (χ3v) is 5.21. The second kappa shape index (κ2) is 9.82. The molecule has 1 heterocycles. The number of aromatic hydroxyl groups is 1. The molecule has 8 heteroatoms. The van der Waals surface area contributed by atoms with E-state index in [9.17, 15) is 24.6 Å². The van der Waals surface area contributed by atoms with Gasteiger partial charge in [0.15, 0.2) is 5.69 Å². The van der Waals surface area contributed by atoms with Crippen molar-refractivity contribution in [1.29, 1.82) is 0 Å². The molecule has 1 atom stereocenters. The number of urea groups is 1. The molecule has 0 aliphatic heterocycles. The van der Waals surface area contributed by atoms with Crippen LogP contribution in [0.4, 0.5) is 10.5 Å². The van der Waals surface area contributed by atoms with Gasteiger partial charge in [-0.3, -0.25) is 9.59 Å². The van der Waals surface area contributed by atoms with Crippen molar-refractivity contribution in [3.63, 3.8) is 0 Å². The summed E-state index contributed by atoms with van der Waals surface area (Å²) in [6.45, 7) is 2.05. The van der Waals surface area contributed by atoms with E-state index in [0.29, 0.717) is 5.56 Å². The van der Waals surface area contributed by atoms with Gasteiger partial charge in [-0.1, -0.05) is 48.5 Å². The minimum Gasteiger partial charge on any atom is -0.505 e. The number of pyridine rings is 1. The summed E-state index contributed by atoms with van der Waals surface area (Å²) >= 11 is 0. The zero-order chi connectivity index (χ0) is 23.3. The van der Waals surface area contributed by atoms with Gasteiger partial charge in [0.2, 0.25) is 0 Å². The molecule has 3 rings (SSSR count). The number of benzene rings is 2. The molecule has 0 fully saturated rings. The number of nitrogens with one attached hydrogen (secondary N) is 2. The van der Waals surface area contributed by atoms with Crippen LogP contribution in [0.25, 0.3) is 0 Å². The van der Waals surface area contributed by atoms with Crippen molar-refractivity contribution in [3.05, 3.63) is 93.4 Å². The SMILES string of the molecule is Cc1ccccc1Cc1ccc([C@H](CC(=O)O)NC(=O)Nc2c(O)ccn(C)c2=O)cc1. The molecule has 32 heavy (non-hydrogen) atoms. The summed E-state index contributed by atoms with van der Waals surface area (Å²) in [5, 5.41) is 24.1. The van der Waals surface area contributed by atoms with E-state index in [4.69, 9.17) is 0 Å². The third-order valence-electron chi connectivity index (χ3n) is 5.21. The van der Waals surface area contributed by atoms with Gasteiger partial charge in [0.1, 0.15) is 5.75 Å². The number of rotatable bonds is 7. The maximum atomic E-state index is 12.5. The van der Waals surface area contributed by atoms with Crippen LogP contribution >= 0.6 is 0 Å². The number of carboxylic acids is 1. The Hall–Kier alpha value is -4.07. The Morgan fingerprint density at radius 3 is 2.41 bits per heavy atom. The summed E-state index contributed by atoms with van der Waals surface area (Å²) in [6.07, 6.45) is 1.76. The first-order valence-electron chi connectivity index (χ1n) is 10.1. The Labute approximate surface area is 185 Å². The number of carboxylic acid groups (broad SMARTS) is 1. The molecule has 4 N–H and O–H groups in total. The molecule has 0 bridgehead atoms. The van der Waals surface area contributed by atoms with Crippen LogP contribution in [0.2, 0.25) is 0 Å². The maximum absolute atomic E-state index is 12.5. The van der Waals surface area contributed by atoms with E-state index >= 15 is 0 Å². The summed E-state index contributed by atoms with van der Waals surface area (Å²) in [6, 6.07) is 15.1. The fraction of sp³-hybridized carbons (Fsp3) is 0.208. The molecule has 1 aromatic heterocycles. The monoisotopic (exact) mass is 435 g/mol. The molecule has 0 saturated heterocycles. The number of carbonyl (C=O) groups excluding carboxylic acids is 1. The van der Waals surface area contributed by atoms with Crippen molar-refractivity contribution in [1.82, 2.24) is 9.88 Å². The van der Waals surface area contributed by atoms with Gasteiger partial charge < -0.3 is 25.4 Å². The van der Waals surface area contributed by atoms with E-state index in [0.717, 1.165) is 12.0 Å². The predicted octanol–water partition coefficient (Wildman–Crippen LogP) is 3.33. The number of hydrogen-bond donors (Lipinski definition) is 4. The summed E-state index contributed by atoms with van der Waals surface area (Å²) in [7, 11) is 1.48. The average molecular weight is 435 g/mol. The first-order valence-corrected chi connectivity index (χ1v) is 10.1. The lowest BCUT2D eigenvalue weighted by atomic mass is 9.97. The quantitative estimate of drug-likeness (QED) is 0.454. The van der Waals surface area contributed by atoms with Crippen molar-refractivity contribution in [2.75, 3.05) is 5.32 Å². The number of anilines is 1. The molecule has 0 radical (unpaired) electrons. The fourth-order valence-corrected chi connectivity index (χ4v) is 3.37. The highest BCUT2D eigenvalue weighted by molar-refractivity contribution is 5.91. The number of aromatic nitrogens is 1. The van der Waals surface area contributed by atoms with Crippen molar-refractivity contribution < 1.29 is 19.8 Å². The van der Waals surface area contributed by atoms with Crippen LogP contribution in [0.1, 0.15) is 34.7 Å². The van der Waals surface area contributed by atoms with Gasteiger partial charge in [0.05, 0.1) is 12.5 Å². The van der Waals surface area contributed by atoms with Gasteiger partial charge in [-0.05, 0) is 41.7 Å². The van der Waals surface area contributed by atoms with E-state index in [1.54, 1.807) is 12.1 Å². The Kier molecular flexibility index (Phi) is 6.94. The maximum Gasteiger partial charge on any atom is 0.319 e. The second-order valence-electron chi connectivity index (χ2n) is 7.59. The van der Waals surface area contributed by atoms with Gasteiger partial charge >= 0.3 is 12.0 Å². The lowest BCUT2D eigenvalue weighted by Gasteiger charge is -2.19. The van der Waals surface area contributed by atoms with E-state index < -0.39 is 23.6 Å². The smallest absolute Gasteiger partial charge is 0.319 e. The van der Waals surface area contributed by atoms with Crippen LogP contribution in [-0.4, -0.2) is 26.8 Å². The molecule has 0 spiro atoms. The second-order valence-corrected chi connectivity index (χ2v) is 7.59. The van der Waals surface area contributed by atoms with Gasteiger partial charge in [-0.15, -0.1) is 0 Å². The van der Waals surface area contributed by atoms with Gasteiger partial charge in [-0.25, -0.2) is 4.79 Å². The molecule has 166 valence electrons. The number of nitrogens with zero attached hydrogens (tertiary/aromatic N) is 1. The Balaban J connectivity index is 1.76. The average Bonchev–Trinajstić information content (AvgIpc) is 2.75. The van der Waals surface area contributed by atoms with Gasteiger partial charge in [-0.2, -0.15) is 0 Å². The van der Waals surface area contributed by atoms with Crippen LogP contribution in [0.3, 0.4) is 0 Å². The lowest BCUT2D eigenvalue weighted by Crippen LogP contribution is -2.35. The minimum atomic E-state index is -1.09. The Bertz CT molecular complexity index is 1180. The molecule has 2 amide bonds. The fourth-order valence-electron chi connectivity index (χ4n) is 3.37. The first-order chi connectivity index (χ1) is 15.2. The number of carbonyl (C=O) groups is 2. The molecular weight excluding hydrogens is 410 g/mol. The summed E-state index contributed by atoms with van der Waals surface area (Å²) in [4.78, 5) is 36.0. The van der Waals surface area contributed by atoms with Crippen LogP contribution < -0.4 is 16.2 Å². The number of hydrogen-bond acceptors (Lipinski definition) is 4. The Morgan fingerprint density at radius 1 is 1.06 bits per heavy atom. The molecule has 3 aromatic rings. The zero-order valence-corrected chi connectivity index (χ0v) is 17.8. The highest BCUT2D eigenvalue weighted by Crippen LogP contribution is 2.21. The van der Waals surface area contributed by atoms with E-state index in [1.807, 2.05) is 37.3 Å². The number of amides is 2. The molecule has 8 nitrogen and oxygen atoms in total. The predicted molar refractivity (Wildman–Crippen MR) is 121 cm³/mol. The Morgan fingerprint density at radius 2 is 1.75 bits per heavy atom. The van der Waals surface area contributed by atoms with Crippen molar-refractivity contribution >= 4 is 17.7 Å². The largest absolute Gasteiger partial charge is 0.505 e. The normalized spacial score (nSPS) is 11.6. The highest BCUT2D eigenvalue weighted by atomic mass is 16.4. The van der Waals surface area contributed by atoms with E-state index in [2.05, 4.69) is 16.7 Å². The molecular formula is C24H25N3O5. The number of aryl methyl sites for hydroxylation is 2. The zero-order valence-electron chi connectivity index (χ0n) is 17.8. The minimum absolute atomic E-state index is 0.282. The number of aliphatic carboxylic acids is 1. The molecule has 0 unspecified atom stereocenters. The molecule has 0 aliphatic rings. The summed E-state index contributed by atoms with van der Waals surface area (Å²) in [5.74, 6) is -1.46.